The molecule has 0 saturated carbocycles. The summed E-state index contributed by atoms with van der Waals surface area (Å²) in [6.45, 7) is 2.21. The maximum absolute atomic E-state index is 13.2. The summed E-state index contributed by atoms with van der Waals surface area (Å²) < 4.78 is 37.2. The van der Waals surface area contributed by atoms with Gasteiger partial charge < -0.3 is 9.47 Å². The predicted octanol–water partition coefficient (Wildman–Crippen LogP) is 3.23. The largest absolute Gasteiger partial charge is 0.454 e. The molecule has 2 atom stereocenters. The lowest BCUT2D eigenvalue weighted by Gasteiger charge is -2.18. The van der Waals surface area contributed by atoms with Crippen LogP contribution in [0.5, 0.6) is 11.5 Å². The van der Waals surface area contributed by atoms with Crippen molar-refractivity contribution in [1.29, 1.82) is 0 Å². The number of ether oxygens (including phenoxy) is 2. The Morgan fingerprint density at radius 1 is 0.933 bits per heavy atom. The third kappa shape index (κ3) is 2.73. The molecule has 3 aliphatic heterocycles. The van der Waals surface area contributed by atoms with Crippen molar-refractivity contribution in [2.75, 3.05) is 19.9 Å². The van der Waals surface area contributed by atoms with Gasteiger partial charge in [-0.15, -0.1) is 0 Å². The number of benzene rings is 2. The summed E-state index contributed by atoms with van der Waals surface area (Å²) in [6.07, 6.45) is 3.51. The third-order valence-electron chi connectivity index (χ3n) is 6.31. The van der Waals surface area contributed by atoms with E-state index in [4.69, 9.17) is 9.47 Å². The molecule has 3 aromatic rings. The molecule has 2 aromatic carbocycles. The first kappa shape index (κ1) is 17.9. The van der Waals surface area contributed by atoms with Crippen molar-refractivity contribution in [3.8, 4) is 22.6 Å². The molecule has 0 aliphatic carbocycles. The van der Waals surface area contributed by atoms with Gasteiger partial charge >= 0.3 is 0 Å². The predicted molar refractivity (Wildman–Crippen MR) is 111 cm³/mol. The highest BCUT2D eigenvalue weighted by molar-refractivity contribution is 7.92. The minimum atomic E-state index is -3.32. The summed E-state index contributed by atoms with van der Waals surface area (Å²) >= 11 is 0. The van der Waals surface area contributed by atoms with Crippen molar-refractivity contribution in [2.24, 2.45) is 0 Å². The zero-order valence-electron chi connectivity index (χ0n) is 16.2. The number of hydrogen-bond acceptors (Lipinski definition) is 6. The van der Waals surface area contributed by atoms with Crippen molar-refractivity contribution in [1.82, 2.24) is 9.88 Å². The number of aromatic nitrogens is 1. The molecule has 0 N–H and O–H groups in total. The van der Waals surface area contributed by atoms with Gasteiger partial charge in [-0.3, -0.25) is 9.88 Å². The van der Waals surface area contributed by atoms with E-state index in [2.05, 4.69) is 16.0 Å². The van der Waals surface area contributed by atoms with Gasteiger partial charge in [0.25, 0.3) is 0 Å². The lowest BCUT2D eigenvalue weighted by molar-refractivity contribution is 0.174. The van der Waals surface area contributed by atoms with Crippen LogP contribution in [0.2, 0.25) is 0 Å². The molecule has 30 heavy (non-hydrogen) atoms. The van der Waals surface area contributed by atoms with Crippen LogP contribution < -0.4 is 9.47 Å². The molecule has 0 amide bonds. The van der Waals surface area contributed by atoms with Crippen LogP contribution in [0.15, 0.2) is 65.8 Å². The van der Waals surface area contributed by atoms with Crippen LogP contribution >= 0.6 is 0 Å². The molecule has 6 rings (SSSR count). The number of fused-ring (bicyclic) bond motifs is 4. The van der Waals surface area contributed by atoms with Crippen LogP contribution in [0, 0.1) is 0 Å². The maximum Gasteiger partial charge on any atom is 0.231 e. The molecule has 0 spiro atoms. The summed E-state index contributed by atoms with van der Waals surface area (Å²) in [5, 5.41) is -0.380. The summed E-state index contributed by atoms with van der Waals surface area (Å²) in [6, 6.07) is 15.6. The molecule has 6 nitrogen and oxygen atoms in total. The van der Waals surface area contributed by atoms with Gasteiger partial charge in [0.1, 0.15) is 0 Å². The first-order chi connectivity index (χ1) is 14.6. The van der Waals surface area contributed by atoms with Crippen molar-refractivity contribution < 1.29 is 17.9 Å². The van der Waals surface area contributed by atoms with E-state index < -0.39 is 9.84 Å². The average Bonchev–Trinajstić information content (AvgIpc) is 3.45. The van der Waals surface area contributed by atoms with Crippen LogP contribution in [0.4, 0.5) is 0 Å². The molecule has 4 heterocycles. The van der Waals surface area contributed by atoms with Gasteiger partial charge in [0.2, 0.25) is 6.79 Å². The molecular formula is C23H20N2O4S. The van der Waals surface area contributed by atoms with E-state index in [1.807, 2.05) is 36.4 Å². The minimum Gasteiger partial charge on any atom is -0.454 e. The molecule has 1 saturated heterocycles. The second kappa shape index (κ2) is 6.55. The van der Waals surface area contributed by atoms with E-state index >= 15 is 0 Å². The van der Waals surface area contributed by atoms with E-state index in [1.165, 1.54) is 0 Å². The number of pyridine rings is 1. The molecular weight excluding hydrogens is 400 g/mol. The first-order valence-corrected chi connectivity index (χ1v) is 11.5. The second-order valence-corrected chi connectivity index (χ2v) is 10.2. The lowest BCUT2D eigenvalue weighted by atomic mass is 9.95. The molecule has 0 bridgehead atoms. The van der Waals surface area contributed by atoms with Gasteiger partial charge in [0.15, 0.2) is 21.3 Å². The van der Waals surface area contributed by atoms with Gasteiger partial charge in [-0.1, -0.05) is 12.1 Å². The Morgan fingerprint density at radius 2 is 1.77 bits per heavy atom. The van der Waals surface area contributed by atoms with E-state index in [9.17, 15) is 8.42 Å². The summed E-state index contributed by atoms with van der Waals surface area (Å²) in [5.41, 5.74) is 4.12. The lowest BCUT2D eigenvalue weighted by Crippen LogP contribution is -2.25. The van der Waals surface area contributed by atoms with Gasteiger partial charge in [-0.2, -0.15) is 0 Å². The normalized spacial score (nSPS) is 23.3. The number of nitrogens with zero attached hydrogens (tertiary/aromatic N) is 2. The Labute approximate surface area is 175 Å². The SMILES string of the molecule is O=S1(=O)c2ccc(-c3ccncc3)cc2[C@H]2CN(Cc3ccc4c(c3)OCO4)C[C@H]21. The fourth-order valence-electron chi connectivity index (χ4n) is 4.88. The van der Waals surface area contributed by atoms with Gasteiger partial charge in [0.05, 0.1) is 10.1 Å². The third-order valence-corrected chi connectivity index (χ3v) is 8.57. The van der Waals surface area contributed by atoms with Crippen LogP contribution in [-0.2, 0) is 16.4 Å². The molecule has 1 aromatic heterocycles. The number of hydrogen-bond donors (Lipinski definition) is 0. The Hall–Kier alpha value is -2.90. The molecule has 3 aliphatic rings. The molecule has 0 unspecified atom stereocenters. The van der Waals surface area contributed by atoms with E-state index in [0.29, 0.717) is 18.0 Å². The maximum atomic E-state index is 13.2. The highest BCUT2D eigenvalue weighted by Gasteiger charge is 2.50. The van der Waals surface area contributed by atoms with E-state index in [-0.39, 0.29) is 18.0 Å². The van der Waals surface area contributed by atoms with Crippen molar-refractivity contribution in [3.63, 3.8) is 0 Å². The summed E-state index contributed by atoms with van der Waals surface area (Å²) in [5.74, 6) is 1.52. The average molecular weight is 420 g/mol. The summed E-state index contributed by atoms with van der Waals surface area (Å²) in [7, 11) is -3.32. The fourth-order valence-corrected chi connectivity index (χ4v) is 7.07. The Morgan fingerprint density at radius 3 is 2.63 bits per heavy atom. The van der Waals surface area contributed by atoms with Crippen molar-refractivity contribution in [3.05, 3.63) is 72.1 Å². The highest BCUT2D eigenvalue weighted by atomic mass is 32.2. The zero-order chi connectivity index (χ0) is 20.3. The minimum absolute atomic E-state index is 0.000739. The first-order valence-electron chi connectivity index (χ1n) is 9.99. The van der Waals surface area contributed by atoms with Gasteiger partial charge in [0, 0.05) is 37.9 Å². The Bertz CT molecular complexity index is 1240. The Kier molecular flexibility index (Phi) is 3.91. The number of rotatable bonds is 3. The topological polar surface area (TPSA) is 68.7 Å². The molecule has 7 heteroatoms. The second-order valence-electron chi connectivity index (χ2n) is 8.06. The standard InChI is InChI=1S/C23H20N2O4S/c26-30(27)22-4-2-17(16-5-7-24-8-6-16)10-18(22)19-12-25(13-23(19)30)11-15-1-3-20-21(9-15)29-14-28-20/h1-10,19,23H,11-14H2/t19-,23-/m1/s1. The molecule has 152 valence electrons. The zero-order valence-corrected chi connectivity index (χ0v) is 17.0. The molecule has 0 radical (unpaired) electrons. The van der Waals surface area contributed by atoms with E-state index in [0.717, 1.165) is 40.3 Å². The molecule has 1 fully saturated rings. The smallest absolute Gasteiger partial charge is 0.231 e. The monoisotopic (exact) mass is 420 g/mol. The fraction of sp³-hybridized carbons (Fsp3) is 0.261. The van der Waals surface area contributed by atoms with Gasteiger partial charge in [-0.25, -0.2) is 8.42 Å². The van der Waals surface area contributed by atoms with Gasteiger partial charge in [-0.05, 0) is 58.7 Å². The number of likely N-dealkylation sites (tertiary alicyclic amines) is 1. The van der Waals surface area contributed by atoms with Crippen LogP contribution in [-0.4, -0.2) is 43.4 Å². The van der Waals surface area contributed by atoms with Crippen LogP contribution in [0.1, 0.15) is 17.0 Å². The number of sulfone groups is 1. The van der Waals surface area contributed by atoms with Crippen molar-refractivity contribution in [2.45, 2.75) is 22.6 Å². The quantitative estimate of drug-likeness (QED) is 0.648. The Balaban J connectivity index is 1.30. The van der Waals surface area contributed by atoms with Crippen molar-refractivity contribution >= 4 is 9.84 Å². The highest BCUT2D eigenvalue weighted by Crippen LogP contribution is 2.46. The van der Waals surface area contributed by atoms with Crippen LogP contribution in [0.25, 0.3) is 11.1 Å². The van der Waals surface area contributed by atoms with E-state index in [1.54, 1.807) is 18.5 Å². The van der Waals surface area contributed by atoms with Crippen LogP contribution in [0.3, 0.4) is 0 Å². The summed E-state index contributed by atoms with van der Waals surface area (Å²) in [4.78, 5) is 6.80.